The van der Waals surface area contributed by atoms with E-state index in [1.54, 1.807) is 37.3 Å². The predicted molar refractivity (Wildman–Crippen MR) is 116 cm³/mol. The Kier molecular flexibility index (Phi) is 4.97. The van der Waals surface area contributed by atoms with E-state index in [1.165, 1.54) is 12.1 Å². The lowest BCUT2D eigenvalue weighted by Gasteiger charge is -2.36. The van der Waals surface area contributed by atoms with Crippen molar-refractivity contribution in [3.05, 3.63) is 59.4 Å². The highest BCUT2D eigenvalue weighted by atomic mass is 19.1. The molecule has 0 radical (unpaired) electrons. The van der Waals surface area contributed by atoms with Crippen molar-refractivity contribution < 1.29 is 23.5 Å². The van der Waals surface area contributed by atoms with E-state index in [1.807, 2.05) is 0 Å². The number of fused-ring (bicyclic) bond motifs is 4. The third kappa shape index (κ3) is 3.01. The summed E-state index contributed by atoms with van der Waals surface area (Å²) in [4.78, 5) is 40.8. The number of amides is 2. The van der Waals surface area contributed by atoms with Gasteiger partial charge >= 0.3 is 5.97 Å². The zero-order chi connectivity index (χ0) is 22.5. The second-order valence-electron chi connectivity index (χ2n) is 8.48. The second-order valence-corrected chi connectivity index (χ2v) is 8.48. The van der Waals surface area contributed by atoms with Crippen molar-refractivity contribution in [2.75, 3.05) is 23.8 Å². The van der Waals surface area contributed by atoms with Gasteiger partial charge in [-0.3, -0.25) is 14.5 Å². The molecule has 3 atom stereocenters. The van der Waals surface area contributed by atoms with Crippen LogP contribution in [0.25, 0.3) is 0 Å². The zero-order valence-corrected chi connectivity index (χ0v) is 17.7. The van der Waals surface area contributed by atoms with Crippen LogP contribution in [0.3, 0.4) is 0 Å². The topological polar surface area (TPSA) is 87.7 Å². The quantitative estimate of drug-likeness (QED) is 0.717. The van der Waals surface area contributed by atoms with Crippen LogP contribution in [-0.4, -0.2) is 41.9 Å². The fraction of sp³-hybridized carbons (Fsp3) is 0.375. The molecule has 1 spiro atoms. The minimum Gasteiger partial charge on any atom is -0.462 e. The standard InChI is InChI=1S/C24H24FN3O4/c1-2-32-22(30)14-5-8-16(9-6-14)26-21(29)19-13-17-4-3-11-28(17)24(19)18-12-15(25)7-10-20(18)27-23(24)31/h5-10,12,17,19H,2-4,11,13H2,1H3,(H,26,29)(H,27,31)/t17-,19+,24+/m1/s1. The molecule has 2 aromatic carbocycles. The maximum absolute atomic E-state index is 14.2. The first-order valence-electron chi connectivity index (χ1n) is 10.9. The molecule has 0 bridgehead atoms. The minimum absolute atomic E-state index is 0.0944. The molecule has 3 heterocycles. The number of carbonyl (C=O) groups is 3. The van der Waals surface area contributed by atoms with E-state index in [0.717, 1.165) is 12.8 Å². The molecule has 3 aliphatic heterocycles. The lowest BCUT2D eigenvalue weighted by Crippen LogP contribution is -2.53. The van der Waals surface area contributed by atoms with E-state index in [4.69, 9.17) is 4.74 Å². The summed E-state index contributed by atoms with van der Waals surface area (Å²) < 4.78 is 19.2. The zero-order valence-electron chi connectivity index (χ0n) is 17.7. The number of benzene rings is 2. The lowest BCUT2D eigenvalue weighted by molar-refractivity contribution is -0.135. The van der Waals surface area contributed by atoms with E-state index in [9.17, 15) is 18.8 Å². The number of hydrogen-bond acceptors (Lipinski definition) is 5. The molecular formula is C24H24FN3O4. The number of nitrogens with zero attached hydrogens (tertiary/aromatic N) is 1. The summed E-state index contributed by atoms with van der Waals surface area (Å²) in [5.41, 5.74) is 0.781. The molecule has 5 rings (SSSR count). The number of esters is 1. The van der Waals surface area contributed by atoms with Gasteiger partial charge in [-0.2, -0.15) is 0 Å². The summed E-state index contributed by atoms with van der Waals surface area (Å²) in [5.74, 6) is -2.10. The summed E-state index contributed by atoms with van der Waals surface area (Å²) in [6, 6.07) is 10.8. The molecule has 8 heteroatoms. The Morgan fingerprint density at radius 3 is 2.78 bits per heavy atom. The van der Waals surface area contributed by atoms with E-state index in [0.29, 0.717) is 35.5 Å². The lowest BCUT2D eigenvalue weighted by atomic mass is 9.78. The van der Waals surface area contributed by atoms with E-state index < -0.39 is 23.2 Å². The highest BCUT2D eigenvalue weighted by Crippen LogP contribution is 2.55. The third-order valence-corrected chi connectivity index (χ3v) is 6.81. The van der Waals surface area contributed by atoms with Crippen LogP contribution in [0.1, 0.15) is 42.1 Å². The van der Waals surface area contributed by atoms with Gasteiger partial charge in [0.15, 0.2) is 0 Å². The van der Waals surface area contributed by atoms with Crippen LogP contribution in [0.2, 0.25) is 0 Å². The number of hydrogen-bond donors (Lipinski definition) is 2. The van der Waals surface area contributed by atoms with Gasteiger partial charge in [-0.05, 0) is 75.2 Å². The van der Waals surface area contributed by atoms with Gasteiger partial charge in [-0.25, -0.2) is 9.18 Å². The number of carbonyl (C=O) groups excluding carboxylic acids is 3. The summed E-state index contributed by atoms with van der Waals surface area (Å²) in [6.45, 7) is 2.70. The van der Waals surface area contributed by atoms with Crippen molar-refractivity contribution in [1.82, 2.24) is 4.90 Å². The molecule has 2 amide bonds. The van der Waals surface area contributed by atoms with Gasteiger partial charge in [0, 0.05) is 23.0 Å². The second kappa shape index (κ2) is 7.70. The maximum atomic E-state index is 14.2. The highest BCUT2D eigenvalue weighted by molar-refractivity contribution is 6.10. The van der Waals surface area contributed by atoms with Crippen LogP contribution in [-0.2, 0) is 19.9 Å². The number of halogens is 1. The molecule has 2 saturated heterocycles. The van der Waals surface area contributed by atoms with Crippen molar-refractivity contribution in [1.29, 1.82) is 0 Å². The highest BCUT2D eigenvalue weighted by Gasteiger charge is 2.65. The summed E-state index contributed by atoms with van der Waals surface area (Å²) in [6.07, 6.45) is 2.36. The number of nitrogens with one attached hydrogen (secondary N) is 2. The van der Waals surface area contributed by atoms with E-state index in [-0.39, 0.29) is 24.5 Å². The summed E-state index contributed by atoms with van der Waals surface area (Å²) >= 11 is 0. The number of rotatable bonds is 4. The van der Waals surface area contributed by atoms with Gasteiger partial charge in [0.1, 0.15) is 11.4 Å². The fourth-order valence-electron chi connectivity index (χ4n) is 5.53. The number of ether oxygens (including phenoxy) is 1. The molecule has 166 valence electrons. The van der Waals surface area contributed by atoms with Crippen molar-refractivity contribution in [2.45, 2.75) is 37.8 Å². The van der Waals surface area contributed by atoms with E-state index >= 15 is 0 Å². The monoisotopic (exact) mass is 437 g/mol. The van der Waals surface area contributed by atoms with Crippen LogP contribution >= 0.6 is 0 Å². The average molecular weight is 437 g/mol. The Labute approximate surface area is 184 Å². The third-order valence-electron chi connectivity index (χ3n) is 6.81. The molecule has 7 nitrogen and oxygen atoms in total. The smallest absolute Gasteiger partial charge is 0.338 e. The van der Waals surface area contributed by atoms with Crippen LogP contribution < -0.4 is 10.6 Å². The average Bonchev–Trinajstić information content (AvgIpc) is 3.43. The summed E-state index contributed by atoms with van der Waals surface area (Å²) in [5, 5.41) is 5.77. The molecule has 3 aliphatic rings. The van der Waals surface area contributed by atoms with E-state index in [2.05, 4.69) is 15.5 Å². The van der Waals surface area contributed by atoms with Gasteiger partial charge in [0.2, 0.25) is 11.8 Å². The van der Waals surface area contributed by atoms with Gasteiger partial charge in [0.25, 0.3) is 0 Å². The van der Waals surface area contributed by atoms with Gasteiger partial charge in [0.05, 0.1) is 18.1 Å². The molecule has 0 unspecified atom stereocenters. The molecule has 32 heavy (non-hydrogen) atoms. The van der Waals surface area contributed by atoms with Crippen molar-refractivity contribution >= 4 is 29.2 Å². The molecular weight excluding hydrogens is 413 g/mol. The molecule has 2 aromatic rings. The Morgan fingerprint density at radius 1 is 1.25 bits per heavy atom. The van der Waals surface area contributed by atoms with Gasteiger partial charge < -0.3 is 15.4 Å². The molecule has 2 fully saturated rings. The van der Waals surface area contributed by atoms with Crippen LogP contribution in [0.5, 0.6) is 0 Å². The first-order valence-corrected chi connectivity index (χ1v) is 10.9. The summed E-state index contributed by atoms with van der Waals surface area (Å²) in [7, 11) is 0. The Morgan fingerprint density at radius 2 is 2.03 bits per heavy atom. The van der Waals surface area contributed by atoms with Crippen LogP contribution in [0.4, 0.5) is 15.8 Å². The fourth-order valence-corrected chi connectivity index (χ4v) is 5.53. The Bertz CT molecular complexity index is 1100. The van der Waals surface area contributed by atoms with Crippen LogP contribution in [0, 0.1) is 11.7 Å². The van der Waals surface area contributed by atoms with Crippen LogP contribution in [0.15, 0.2) is 42.5 Å². The van der Waals surface area contributed by atoms with Gasteiger partial charge in [-0.15, -0.1) is 0 Å². The van der Waals surface area contributed by atoms with Crippen molar-refractivity contribution in [3.63, 3.8) is 0 Å². The predicted octanol–water partition coefficient (Wildman–Crippen LogP) is 3.27. The minimum atomic E-state index is -1.21. The van der Waals surface area contributed by atoms with Gasteiger partial charge in [-0.1, -0.05) is 0 Å². The molecule has 0 saturated carbocycles. The first kappa shape index (κ1) is 20.6. The largest absolute Gasteiger partial charge is 0.462 e. The molecule has 0 aromatic heterocycles. The number of anilines is 2. The SMILES string of the molecule is CCOC(=O)c1ccc(NC(=O)[C@@H]2C[C@H]3CCCN3[C@]23C(=O)Nc2ccc(F)cc23)cc1. The Hall–Kier alpha value is -3.26. The molecule has 2 N–H and O–H groups in total. The first-order chi connectivity index (χ1) is 15.4. The Balaban J connectivity index is 1.47. The normalized spacial score (nSPS) is 26.0. The molecule has 0 aliphatic carbocycles. The maximum Gasteiger partial charge on any atom is 0.338 e. The van der Waals surface area contributed by atoms with Crippen molar-refractivity contribution in [2.24, 2.45) is 5.92 Å². The van der Waals surface area contributed by atoms with Crippen molar-refractivity contribution in [3.8, 4) is 0 Å².